The van der Waals surface area contributed by atoms with Crippen molar-refractivity contribution in [2.45, 2.75) is 69.2 Å². The Balaban J connectivity index is 1.28. The molecule has 31 heavy (non-hydrogen) atoms. The zero-order valence-electron chi connectivity index (χ0n) is 17.8. The Morgan fingerprint density at radius 3 is 2.81 bits per heavy atom. The summed E-state index contributed by atoms with van der Waals surface area (Å²) in [4.78, 5) is 41.7. The summed E-state index contributed by atoms with van der Waals surface area (Å²) < 4.78 is 11.5. The summed E-state index contributed by atoms with van der Waals surface area (Å²) in [7, 11) is 1.74. The van der Waals surface area contributed by atoms with Crippen LogP contribution in [0.4, 0.5) is 0 Å². The molecule has 1 spiro atoms. The van der Waals surface area contributed by atoms with Gasteiger partial charge in [-0.25, -0.2) is 4.98 Å². The van der Waals surface area contributed by atoms with Crippen LogP contribution in [0.1, 0.15) is 55.3 Å². The first kappa shape index (κ1) is 21.7. The molecule has 2 heterocycles. The molecule has 1 aromatic heterocycles. The Labute approximate surface area is 181 Å². The molecule has 2 atom stereocenters. The zero-order valence-corrected chi connectivity index (χ0v) is 17.8. The molecule has 168 valence electrons. The molecule has 2 saturated carbocycles. The van der Waals surface area contributed by atoms with E-state index < -0.39 is 11.9 Å². The van der Waals surface area contributed by atoms with Crippen LogP contribution in [0.15, 0.2) is 18.3 Å². The molecule has 0 bridgehead atoms. The SMILES string of the molecule is CNC(CC1CCCO1)C(=O)N(C=O)[C@H]1CC2(C[C@H](Oc3ncccc3C(N)=O)C2)C1. The van der Waals surface area contributed by atoms with Crippen LogP contribution in [0.3, 0.4) is 0 Å². The monoisotopic (exact) mass is 430 g/mol. The van der Waals surface area contributed by atoms with E-state index in [1.807, 2.05) is 0 Å². The van der Waals surface area contributed by atoms with E-state index in [4.69, 9.17) is 15.2 Å². The molecular weight excluding hydrogens is 400 g/mol. The minimum absolute atomic E-state index is 0.0427. The van der Waals surface area contributed by atoms with Crippen molar-refractivity contribution in [1.82, 2.24) is 15.2 Å². The van der Waals surface area contributed by atoms with Crippen LogP contribution < -0.4 is 15.8 Å². The van der Waals surface area contributed by atoms with Gasteiger partial charge in [-0.15, -0.1) is 0 Å². The standard InChI is InChI=1S/C22H30N4O5/c1-24-18(8-15-4-3-7-30-15)21(29)26(13-27)14-9-22(10-14)11-16(12-22)31-20-17(19(23)28)5-2-6-25-20/h2,5-6,13-16,18,24H,3-4,7-12H2,1H3,(H2,23,28)/t14-,15?,16-,18?,22?. The summed E-state index contributed by atoms with van der Waals surface area (Å²) in [5.74, 6) is -0.482. The van der Waals surface area contributed by atoms with Gasteiger partial charge >= 0.3 is 0 Å². The van der Waals surface area contributed by atoms with Gasteiger partial charge in [-0.3, -0.25) is 19.3 Å². The van der Waals surface area contributed by atoms with Crippen LogP contribution in [0.2, 0.25) is 0 Å². The van der Waals surface area contributed by atoms with E-state index in [2.05, 4.69) is 10.3 Å². The first-order chi connectivity index (χ1) is 14.9. The van der Waals surface area contributed by atoms with Gasteiger partial charge in [0.2, 0.25) is 18.2 Å². The minimum Gasteiger partial charge on any atom is -0.474 e. The van der Waals surface area contributed by atoms with Gasteiger partial charge in [-0.1, -0.05) is 0 Å². The van der Waals surface area contributed by atoms with E-state index in [-0.39, 0.29) is 41.0 Å². The van der Waals surface area contributed by atoms with Gasteiger partial charge in [0, 0.05) is 18.8 Å². The maximum absolute atomic E-state index is 13.0. The number of amides is 3. The summed E-state index contributed by atoms with van der Waals surface area (Å²) >= 11 is 0. The highest BCUT2D eigenvalue weighted by molar-refractivity contribution is 5.95. The summed E-state index contributed by atoms with van der Waals surface area (Å²) in [5.41, 5.74) is 5.74. The molecule has 3 fully saturated rings. The van der Waals surface area contributed by atoms with E-state index in [0.717, 1.165) is 45.1 Å². The summed E-state index contributed by atoms with van der Waals surface area (Å²) in [6.07, 6.45) is 7.99. The summed E-state index contributed by atoms with van der Waals surface area (Å²) in [5, 5.41) is 3.05. The number of rotatable bonds is 9. The average molecular weight is 431 g/mol. The second-order valence-corrected chi connectivity index (χ2v) is 8.99. The zero-order chi connectivity index (χ0) is 22.0. The number of imide groups is 1. The molecule has 2 aliphatic carbocycles. The number of carbonyl (C=O) groups is 3. The molecule has 9 heteroatoms. The number of carbonyl (C=O) groups excluding carboxylic acids is 3. The lowest BCUT2D eigenvalue weighted by Crippen LogP contribution is -2.61. The number of aromatic nitrogens is 1. The van der Waals surface area contributed by atoms with Crippen LogP contribution in [0.25, 0.3) is 0 Å². The third-order valence-corrected chi connectivity index (χ3v) is 6.90. The van der Waals surface area contributed by atoms with Crippen LogP contribution in [0, 0.1) is 5.41 Å². The molecule has 3 N–H and O–H groups in total. The van der Waals surface area contributed by atoms with Crippen LogP contribution >= 0.6 is 0 Å². The number of primary amides is 1. The molecular formula is C22H30N4O5. The van der Waals surface area contributed by atoms with Gasteiger partial charge in [0.1, 0.15) is 11.7 Å². The molecule has 3 aliphatic rings. The lowest BCUT2D eigenvalue weighted by molar-refractivity contribution is -0.157. The third-order valence-electron chi connectivity index (χ3n) is 6.90. The van der Waals surface area contributed by atoms with Crippen molar-refractivity contribution in [3.63, 3.8) is 0 Å². The van der Waals surface area contributed by atoms with Crippen molar-refractivity contribution >= 4 is 18.2 Å². The smallest absolute Gasteiger partial charge is 0.254 e. The van der Waals surface area contributed by atoms with E-state index in [1.54, 1.807) is 25.4 Å². The maximum atomic E-state index is 13.0. The molecule has 0 radical (unpaired) electrons. The quantitative estimate of drug-likeness (QED) is 0.560. The highest BCUT2D eigenvalue weighted by Gasteiger charge is 2.56. The molecule has 4 rings (SSSR count). The molecule has 0 aromatic carbocycles. The Kier molecular flexibility index (Phi) is 6.24. The predicted octanol–water partition coefficient (Wildman–Crippen LogP) is 1.01. The normalized spacial score (nSPS) is 30.2. The van der Waals surface area contributed by atoms with Crippen LogP contribution in [-0.2, 0) is 14.3 Å². The molecule has 1 aromatic rings. The number of hydrogen-bond donors (Lipinski definition) is 2. The van der Waals surface area contributed by atoms with E-state index in [9.17, 15) is 14.4 Å². The topological polar surface area (TPSA) is 124 Å². The van der Waals surface area contributed by atoms with Gasteiger partial charge in [0.15, 0.2) is 0 Å². The van der Waals surface area contributed by atoms with E-state index in [1.165, 1.54) is 4.90 Å². The summed E-state index contributed by atoms with van der Waals surface area (Å²) in [6.45, 7) is 0.737. The molecule has 3 amide bonds. The van der Waals surface area contributed by atoms with Gasteiger partial charge < -0.3 is 20.5 Å². The highest BCUT2D eigenvalue weighted by atomic mass is 16.5. The van der Waals surface area contributed by atoms with Crippen molar-refractivity contribution < 1.29 is 23.9 Å². The number of nitrogens with two attached hydrogens (primary N) is 1. The van der Waals surface area contributed by atoms with Gasteiger partial charge in [-0.2, -0.15) is 0 Å². The average Bonchev–Trinajstić information content (AvgIpc) is 3.22. The Morgan fingerprint density at radius 2 is 2.19 bits per heavy atom. The van der Waals surface area contributed by atoms with E-state index in [0.29, 0.717) is 12.8 Å². The van der Waals surface area contributed by atoms with Crippen LogP contribution in [0.5, 0.6) is 5.88 Å². The Morgan fingerprint density at radius 1 is 1.42 bits per heavy atom. The Hall–Kier alpha value is -2.52. The van der Waals surface area contributed by atoms with Gasteiger partial charge in [-0.05, 0) is 69.5 Å². The number of pyridine rings is 1. The minimum atomic E-state index is -0.567. The van der Waals surface area contributed by atoms with Crippen molar-refractivity contribution in [3.05, 3.63) is 23.9 Å². The fourth-order valence-corrected chi connectivity index (χ4v) is 5.22. The van der Waals surface area contributed by atoms with Crippen molar-refractivity contribution in [3.8, 4) is 5.88 Å². The molecule has 1 saturated heterocycles. The van der Waals surface area contributed by atoms with Gasteiger partial charge in [0.05, 0.1) is 12.1 Å². The number of nitrogens with one attached hydrogen (secondary N) is 1. The fraction of sp³-hybridized carbons (Fsp3) is 0.636. The van der Waals surface area contributed by atoms with Crippen molar-refractivity contribution in [1.29, 1.82) is 0 Å². The molecule has 1 aliphatic heterocycles. The number of nitrogens with zero attached hydrogens (tertiary/aromatic N) is 2. The third kappa shape index (κ3) is 4.43. The highest BCUT2D eigenvalue weighted by Crippen LogP contribution is 2.58. The first-order valence-corrected chi connectivity index (χ1v) is 10.9. The van der Waals surface area contributed by atoms with Gasteiger partial charge in [0.25, 0.3) is 5.91 Å². The van der Waals surface area contributed by atoms with Crippen molar-refractivity contribution in [2.75, 3.05) is 13.7 Å². The van der Waals surface area contributed by atoms with E-state index >= 15 is 0 Å². The van der Waals surface area contributed by atoms with Crippen molar-refractivity contribution in [2.24, 2.45) is 11.1 Å². The maximum Gasteiger partial charge on any atom is 0.254 e. The fourth-order valence-electron chi connectivity index (χ4n) is 5.22. The molecule has 9 nitrogen and oxygen atoms in total. The predicted molar refractivity (Wildman–Crippen MR) is 111 cm³/mol. The molecule has 2 unspecified atom stereocenters. The Bertz CT molecular complexity index is 827. The lowest BCUT2D eigenvalue weighted by Gasteiger charge is -2.58. The lowest BCUT2D eigenvalue weighted by atomic mass is 9.52. The number of likely N-dealkylation sites (N-methyl/N-ethyl adjacent to an activating group) is 1. The second kappa shape index (κ2) is 8.92. The largest absolute Gasteiger partial charge is 0.474 e. The first-order valence-electron chi connectivity index (χ1n) is 10.9. The number of hydrogen-bond acceptors (Lipinski definition) is 7. The van der Waals surface area contributed by atoms with Crippen LogP contribution in [-0.4, -0.2) is 66.1 Å². The summed E-state index contributed by atoms with van der Waals surface area (Å²) in [6, 6.07) is 2.75. The number of ether oxygens (including phenoxy) is 2. The second-order valence-electron chi connectivity index (χ2n) is 8.99.